The highest BCUT2D eigenvalue weighted by Gasteiger charge is 2.37. The average Bonchev–Trinajstić information content (AvgIpc) is 2.49. The van der Waals surface area contributed by atoms with Crippen molar-refractivity contribution >= 4 is 21.4 Å². The van der Waals surface area contributed by atoms with Crippen molar-refractivity contribution in [2.24, 2.45) is 5.10 Å². The second-order valence-electron chi connectivity index (χ2n) is 4.72. The van der Waals surface area contributed by atoms with Crippen LogP contribution >= 0.6 is 15.6 Å². The number of aliphatic hydroxyl groups is 1. The van der Waals surface area contributed by atoms with Crippen LogP contribution in [0.3, 0.4) is 0 Å². The van der Waals surface area contributed by atoms with E-state index in [1.165, 1.54) is 0 Å². The van der Waals surface area contributed by atoms with Crippen LogP contribution in [0.4, 0.5) is 4.48 Å². The van der Waals surface area contributed by atoms with E-state index in [0.29, 0.717) is 0 Å². The van der Waals surface area contributed by atoms with Crippen LogP contribution in [0, 0.1) is 0 Å². The van der Waals surface area contributed by atoms with Crippen LogP contribution < -0.4 is 5.65 Å². The third-order valence-corrected chi connectivity index (χ3v) is 4.78. The number of phosphoric ester groups is 2. The zero-order valence-electron chi connectivity index (χ0n) is 13.3. The first-order valence-electron chi connectivity index (χ1n) is 6.93. The molecule has 0 fully saturated rings. The van der Waals surface area contributed by atoms with E-state index in [1.54, 1.807) is 13.8 Å². The van der Waals surface area contributed by atoms with Gasteiger partial charge >= 0.3 is 15.6 Å². The van der Waals surface area contributed by atoms with Crippen LogP contribution in [-0.4, -0.2) is 50.9 Å². The fraction of sp³-hybridized carbons (Fsp3) is 0.900. The molecule has 1 atom stereocenters. The van der Waals surface area contributed by atoms with Gasteiger partial charge in [0.15, 0.2) is 0 Å². The van der Waals surface area contributed by atoms with Gasteiger partial charge in [-0.15, -0.1) is 5.65 Å². The minimum absolute atomic E-state index is 0.0774. The van der Waals surface area contributed by atoms with E-state index in [4.69, 9.17) is 19.4 Å². The average molecular weight is 396 g/mol. The quantitative estimate of drug-likeness (QED) is 0.131. The van der Waals surface area contributed by atoms with Crippen LogP contribution in [0.25, 0.3) is 0 Å². The number of hydrogen-bond donors (Lipinski definition) is 5. The van der Waals surface area contributed by atoms with Crippen molar-refractivity contribution in [3.8, 4) is 0 Å². The summed E-state index contributed by atoms with van der Waals surface area (Å²) in [6.07, 6.45) is 0.385. The molecule has 0 aliphatic heterocycles. The van der Waals surface area contributed by atoms with Gasteiger partial charge in [0.1, 0.15) is 6.61 Å². The maximum absolute atomic E-state index is 12.0. The van der Waals surface area contributed by atoms with Crippen molar-refractivity contribution in [2.75, 3.05) is 19.8 Å². The third-order valence-electron chi connectivity index (χ3n) is 3.19. The minimum atomic E-state index is -4.67. The summed E-state index contributed by atoms with van der Waals surface area (Å²) in [6.45, 7) is 1.52. The van der Waals surface area contributed by atoms with Crippen LogP contribution in [0.15, 0.2) is 5.10 Å². The van der Waals surface area contributed by atoms with Crippen LogP contribution in [-0.2, 0) is 22.7 Å². The van der Waals surface area contributed by atoms with Gasteiger partial charge in [-0.05, 0) is 12.8 Å². The molecule has 14 heteroatoms. The lowest BCUT2D eigenvalue weighted by molar-refractivity contribution is 0.000358. The van der Waals surface area contributed by atoms with E-state index in [0.717, 1.165) is 5.65 Å². The van der Waals surface area contributed by atoms with E-state index >= 15 is 0 Å². The van der Waals surface area contributed by atoms with E-state index in [9.17, 15) is 18.5 Å². The Bertz CT molecular complexity index is 495. The molecule has 0 saturated carbocycles. The van der Waals surface area contributed by atoms with E-state index in [-0.39, 0.29) is 25.0 Å². The van der Waals surface area contributed by atoms with Gasteiger partial charge in [-0.2, -0.15) is 5.10 Å². The van der Waals surface area contributed by atoms with E-state index in [2.05, 4.69) is 14.1 Å². The number of rotatable bonds is 13. The van der Waals surface area contributed by atoms with Crippen LogP contribution in [0.2, 0.25) is 0 Å². The molecular weight excluding hydrogens is 373 g/mol. The van der Waals surface area contributed by atoms with Crippen LogP contribution in [0.5, 0.6) is 0 Å². The predicted molar refractivity (Wildman–Crippen MR) is 81.6 cm³/mol. The summed E-state index contributed by atoms with van der Waals surface area (Å²) in [7, 11) is -9.28. The lowest BCUT2D eigenvalue weighted by atomic mass is 9.94. The molecule has 0 aliphatic carbocycles. The molecule has 0 radical (unpaired) electrons. The highest BCUT2D eigenvalue weighted by Crippen LogP contribution is 2.50. The Morgan fingerprint density at radius 3 is 2.21 bits per heavy atom. The molecule has 0 saturated heterocycles. The van der Waals surface area contributed by atoms with Crippen molar-refractivity contribution in [1.82, 2.24) is 5.65 Å². The second kappa shape index (κ2) is 10.5. The lowest BCUT2D eigenvalue weighted by Crippen LogP contribution is -2.32. The fourth-order valence-electron chi connectivity index (χ4n) is 1.73. The second-order valence-corrected chi connectivity index (χ2v) is 7.34. The van der Waals surface area contributed by atoms with Crippen LogP contribution in [0.1, 0.15) is 33.1 Å². The summed E-state index contributed by atoms with van der Waals surface area (Å²) >= 11 is 0. The smallest absolute Gasteiger partial charge is 0.390 e. The summed E-state index contributed by atoms with van der Waals surface area (Å²) in [5, 5.41) is 11.8. The largest absolute Gasteiger partial charge is 0.473 e. The first-order chi connectivity index (χ1) is 11.0. The van der Waals surface area contributed by atoms with Crippen molar-refractivity contribution in [1.29, 1.82) is 0 Å². The Kier molecular flexibility index (Phi) is 10.4. The summed E-state index contributed by atoms with van der Waals surface area (Å²) in [5.74, 6) is 0. The van der Waals surface area contributed by atoms with Gasteiger partial charge in [0, 0.05) is 6.42 Å². The standard InChI is InChI=1S/C10H23FN2O9P2/c1-3-10(4-2,5-6-20-23(15,16)17)22-24(18,19)21-8-9(7-14)12-13-11/h13-14H,3-8H2,1-2H3,(H,18,19)(H2,15,16,17)/b12-9-. The van der Waals surface area contributed by atoms with E-state index < -0.39 is 41.1 Å². The molecule has 0 amide bonds. The van der Waals surface area contributed by atoms with Crippen molar-refractivity contribution in [2.45, 2.75) is 38.7 Å². The topological polar surface area (TPSA) is 167 Å². The zero-order valence-corrected chi connectivity index (χ0v) is 15.1. The molecule has 0 aromatic rings. The van der Waals surface area contributed by atoms with Gasteiger partial charge < -0.3 is 19.8 Å². The molecule has 0 aliphatic rings. The van der Waals surface area contributed by atoms with Crippen molar-refractivity contribution < 1.29 is 47.0 Å². The Hall–Kier alpha value is -0.420. The van der Waals surface area contributed by atoms with Crippen molar-refractivity contribution in [3.63, 3.8) is 0 Å². The predicted octanol–water partition coefficient (Wildman–Crippen LogP) is 1.00. The molecule has 0 aromatic heterocycles. The molecule has 0 aromatic carbocycles. The van der Waals surface area contributed by atoms with E-state index in [1.807, 2.05) is 0 Å². The van der Waals surface area contributed by atoms with Crippen molar-refractivity contribution in [3.05, 3.63) is 0 Å². The van der Waals surface area contributed by atoms with Gasteiger partial charge in [-0.1, -0.05) is 18.3 Å². The number of hydrogen-bond acceptors (Lipinski definition) is 8. The highest BCUT2D eigenvalue weighted by molar-refractivity contribution is 7.47. The monoisotopic (exact) mass is 396 g/mol. The number of hydrazone groups is 1. The zero-order chi connectivity index (χ0) is 18.9. The molecule has 144 valence electrons. The van der Waals surface area contributed by atoms with Gasteiger partial charge in [0.25, 0.3) is 0 Å². The Labute approximate surface area is 138 Å². The summed E-state index contributed by atoms with van der Waals surface area (Å²) < 4.78 is 48.6. The molecule has 11 nitrogen and oxygen atoms in total. The first-order valence-corrected chi connectivity index (χ1v) is 9.95. The SMILES string of the molecule is CCC(CC)(CCOP(=O)(O)O)OP(=O)(O)OC/C(CO)=N\NF. The molecule has 24 heavy (non-hydrogen) atoms. The number of nitrogens with one attached hydrogen (secondary N) is 1. The van der Waals surface area contributed by atoms with Gasteiger partial charge in [0.05, 0.1) is 24.5 Å². The molecule has 5 N–H and O–H groups in total. The molecule has 0 spiro atoms. The Balaban J connectivity index is 4.85. The summed E-state index contributed by atoms with van der Waals surface area (Å²) in [4.78, 5) is 27.1. The maximum Gasteiger partial charge on any atom is 0.473 e. The Morgan fingerprint density at radius 1 is 1.21 bits per heavy atom. The number of aliphatic hydroxyl groups excluding tert-OH is 1. The number of nitrogens with zero attached hydrogens (tertiary/aromatic N) is 1. The summed E-state index contributed by atoms with van der Waals surface area (Å²) in [5.41, 5.74) is -0.594. The fourth-order valence-corrected chi connectivity index (χ4v) is 3.26. The first kappa shape index (κ1) is 23.6. The third kappa shape index (κ3) is 9.77. The summed E-state index contributed by atoms with van der Waals surface area (Å²) in [6, 6.07) is 0. The Morgan fingerprint density at radius 2 is 1.79 bits per heavy atom. The minimum Gasteiger partial charge on any atom is -0.390 e. The van der Waals surface area contributed by atoms with Gasteiger partial charge in [-0.25, -0.2) is 9.13 Å². The normalized spacial score (nSPS) is 16.0. The molecular formula is C10H23FN2O9P2. The molecule has 1 unspecified atom stereocenters. The molecule has 0 heterocycles. The number of halogens is 1. The molecule has 0 bridgehead atoms. The van der Waals surface area contributed by atoms with Gasteiger partial charge in [-0.3, -0.25) is 13.6 Å². The maximum atomic E-state index is 12.0. The lowest BCUT2D eigenvalue weighted by Gasteiger charge is -2.32. The van der Waals surface area contributed by atoms with Gasteiger partial charge in [0.2, 0.25) is 0 Å². The number of phosphoric acid groups is 2. The molecule has 0 rings (SSSR count). The highest BCUT2D eigenvalue weighted by atomic mass is 31.2.